The molecule has 162 valence electrons. The molecule has 7 nitrogen and oxygen atoms in total. The molecular formula is C21H34N4O3S. The molecule has 0 unspecified atom stereocenters. The van der Waals surface area contributed by atoms with Crippen LogP contribution in [0.4, 0.5) is 4.79 Å². The van der Waals surface area contributed by atoms with E-state index in [0.29, 0.717) is 29.7 Å². The smallest absolute Gasteiger partial charge is 0.317 e. The summed E-state index contributed by atoms with van der Waals surface area (Å²) in [6.45, 7) is 8.19. The Labute approximate surface area is 179 Å². The van der Waals surface area contributed by atoms with Gasteiger partial charge >= 0.3 is 6.03 Å². The fourth-order valence-electron chi connectivity index (χ4n) is 3.76. The van der Waals surface area contributed by atoms with Crippen molar-refractivity contribution in [3.8, 4) is 11.5 Å². The molecule has 2 atom stereocenters. The van der Waals surface area contributed by atoms with Gasteiger partial charge in [-0.1, -0.05) is 13.8 Å². The lowest BCUT2D eigenvalue weighted by atomic mass is 9.87. The van der Waals surface area contributed by atoms with Crippen LogP contribution in [-0.4, -0.2) is 55.9 Å². The molecule has 0 aromatic heterocycles. The summed E-state index contributed by atoms with van der Waals surface area (Å²) in [5, 5.41) is 10.2. The Kier molecular flexibility index (Phi) is 8.82. The molecule has 0 spiro atoms. The number of fused-ring (bicyclic) bond motifs is 1. The van der Waals surface area contributed by atoms with Gasteiger partial charge in [0.1, 0.15) is 0 Å². The topological polar surface area (TPSA) is 74.9 Å². The second-order valence-corrected chi connectivity index (χ2v) is 7.45. The van der Waals surface area contributed by atoms with Gasteiger partial charge in [0.25, 0.3) is 0 Å². The van der Waals surface area contributed by atoms with Crippen molar-refractivity contribution < 1.29 is 14.3 Å². The summed E-state index contributed by atoms with van der Waals surface area (Å²) < 4.78 is 11.0. The molecule has 1 aromatic carbocycles. The van der Waals surface area contributed by atoms with Crippen molar-refractivity contribution >= 4 is 23.4 Å². The third-order valence-corrected chi connectivity index (χ3v) is 5.45. The Balaban J connectivity index is 2.47. The Morgan fingerprint density at radius 3 is 2.48 bits per heavy atom. The van der Waals surface area contributed by atoms with Gasteiger partial charge in [0.2, 0.25) is 0 Å². The second-order valence-electron chi connectivity index (χ2n) is 7.04. The predicted molar refractivity (Wildman–Crippen MR) is 120 cm³/mol. The quantitative estimate of drug-likeness (QED) is 0.559. The number of hydrogen-bond acceptors (Lipinski definition) is 4. The highest BCUT2D eigenvalue weighted by Gasteiger charge is 2.37. The molecule has 0 bridgehead atoms. The number of carbonyl (C=O) groups excluding carboxylic acids is 1. The van der Waals surface area contributed by atoms with Crippen LogP contribution in [0.2, 0.25) is 0 Å². The van der Waals surface area contributed by atoms with E-state index >= 15 is 0 Å². The minimum absolute atomic E-state index is 0.0360. The highest BCUT2D eigenvalue weighted by molar-refractivity contribution is 7.80. The van der Waals surface area contributed by atoms with Gasteiger partial charge in [-0.3, -0.25) is 0 Å². The fourth-order valence-corrected chi connectivity index (χ4v) is 4.05. The number of ether oxygens (including phenoxy) is 2. The largest absolute Gasteiger partial charge is 0.493 e. The molecule has 2 rings (SSSR count). The molecule has 1 heterocycles. The van der Waals surface area contributed by atoms with Gasteiger partial charge in [-0.05, 0) is 61.7 Å². The summed E-state index contributed by atoms with van der Waals surface area (Å²) in [6.07, 6.45) is 2.47. The van der Waals surface area contributed by atoms with Crippen LogP contribution >= 0.6 is 12.2 Å². The van der Waals surface area contributed by atoms with E-state index in [2.05, 4.69) is 22.9 Å². The van der Waals surface area contributed by atoms with Crippen molar-refractivity contribution in [2.45, 2.75) is 52.1 Å². The molecule has 8 heteroatoms. The first-order valence-electron chi connectivity index (χ1n) is 10.3. The minimum Gasteiger partial charge on any atom is -0.493 e. The molecule has 0 fully saturated rings. The fraction of sp³-hybridized carbons (Fsp3) is 0.619. The zero-order valence-corrected chi connectivity index (χ0v) is 18.9. The van der Waals surface area contributed by atoms with Gasteiger partial charge in [0, 0.05) is 19.6 Å². The van der Waals surface area contributed by atoms with Crippen molar-refractivity contribution in [3.05, 3.63) is 23.3 Å². The predicted octanol–water partition coefficient (Wildman–Crippen LogP) is 2.99. The molecule has 0 radical (unpaired) electrons. The van der Waals surface area contributed by atoms with Crippen molar-refractivity contribution in [1.29, 1.82) is 0 Å². The molecule has 0 aliphatic carbocycles. The SMILES string of the molecule is CCCNC(=O)N1CCc2cc(OC)c(OC)cc2[C@@H]1[C@@H](CC)NC(=S)NCC. The van der Waals surface area contributed by atoms with E-state index < -0.39 is 0 Å². The van der Waals surface area contributed by atoms with E-state index in [1.807, 2.05) is 30.9 Å². The average Bonchev–Trinajstić information content (AvgIpc) is 2.74. The second kappa shape index (κ2) is 11.1. The van der Waals surface area contributed by atoms with Crippen LogP contribution in [0.5, 0.6) is 11.5 Å². The van der Waals surface area contributed by atoms with Crippen LogP contribution in [0.3, 0.4) is 0 Å². The number of rotatable bonds is 8. The Morgan fingerprint density at radius 2 is 1.90 bits per heavy atom. The average molecular weight is 423 g/mol. The van der Waals surface area contributed by atoms with Gasteiger partial charge in [-0.25, -0.2) is 4.79 Å². The maximum absolute atomic E-state index is 13.0. The zero-order chi connectivity index (χ0) is 21.4. The Morgan fingerprint density at radius 1 is 1.21 bits per heavy atom. The molecule has 1 aliphatic rings. The van der Waals surface area contributed by atoms with Gasteiger partial charge in [-0.2, -0.15) is 0 Å². The summed E-state index contributed by atoms with van der Waals surface area (Å²) >= 11 is 5.44. The van der Waals surface area contributed by atoms with Gasteiger partial charge in [-0.15, -0.1) is 0 Å². The molecule has 0 saturated carbocycles. The number of thiocarbonyl (C=S) groups is 1. The molecule has 3 N–H and O–H groups in total. The first kappa shape index (κ1) is 23.1. The van der Waals surface area contributed by atoms with Gasteiger partial charge in [0.15, 0.2) is 16.6 Å². The van der Waals surface area contributed by atoms with E-state index in [1.54, 1.807) is 14.2 Å². The van der Waals surface area contributed by atoms with Crippen molar-refractivity contribution in [1.82, 2.24) is 20.9 Å². The van der Waals surface area contributed by atoms with Crippen LogP contribution < -0.4 is 25.4 Å². The molecular weight excluding hydrogens is 388 g/mol. The Hall–Kier alpha value is -2.22. The molecule has 29 heavy (non-hydrogen) atoms. The first-order valence-corrected chi connectivity index (χ1v) is 10.7. The van der Waals surface area contributed by atoms with Crippen LogP contribution in [0.15, 0.2) is 12.1 Å². The summed E-state index contributed by atoms with van der Waals surface area (Å²) in [5.74, 6) is 1.37. The van der Waals surface area contributed by atoms with Crippen LogP contribution in [0, 0.1) is 0 Å². The van der Waals surface area contributed by atoms with E-state index in [0.717, 1.165) is 31.4 Å². The highest BCUT2D eigenvalue weighted by Crippen LogP contribution is 2.40. The number of nitrogens with one attached hydrogen (secondary N) is 3. The molecule has 0 saturated heterocycles. The van der Waals surface area contributed by atoms with Gasteiger partial charge < -0.3 is 30.3 Å². The number of hydrogen-bond donors (Lipinski definition) is 3. The van der Waals surface area contributed by atoms with Crippen LogP contribution in [-0.2, 0) is 6.42 Å². The first-order chi connectivity index (χ1) is 14.0. The van der Waals surface area contributed by atoms with Crippen LogP contribution in [0.25, 0.3) is 0 Å². The van der Waals surface area contributed by atoms with E-state index in [9.17, 15) is 4.79 Å². The third kappa shape index (κ3) is 5.44. The van der Waals surface area contributed by atoms with Crippen molar-refractivity contribution in [3.63, 3.8) is 0 Å². The third-order valence-electron chi connectivity index (χ3n) is 5.18. The monoisotopic (exact) mass is 422 g/mol. The number of methoxy groups -OCH3 is 2. The van der Waals surface area contributed by atoms with Crippen molar-refractivity contribution in [2.24, 2.45) is 0 Å². The summed E-state index contributed by atoms with van der Waals surface area (Å²) in [4.78, 5) is 14.9. The number of urea groups is 1. The lowest BCUT2D eigenvalue weighted by Gasteiger charge is -2.42. The van der Waals surface area contributed by atoms with E-state index in [4.69, 9.17) is 21.7 Å². The Bertz CT molecular complexity index is 713. The standard InChI is InChI=1S/C21H34N4O3S/c1-6-10-23-21(26)25-11-9-14-12-17(27-4)18(28-5)13-15(14)19(25)16(7-2)24-20(29)22-8-3/h12-13,16,19H,6-11H2,1-5H3,(H,23,26)(H2,22,24,29)/t16-,19-/m1/s1. The molecule has 2 amide bonds. The summed E-state index contributed by atoms with van der Waals surface area (Å²) in [5.41, 5.74) is 2.24. The molecule has 1 aliphatic heterocycles. The number of carbonyl (C=O) groups is 1. The highest BCUT2D eigenvalue weighted by atomic mass is 32.1. The summed E-state index contributed by atoms with van der Waals surface area (Å²) in [7, 11) is 3.27. The van der Waals surface area contributed by atoms with Gasteiger partial charge in [0.05, 0.1) is 26.3 Å². The van der Waals surface area contributed by atoms with Crippen LogP contribution in [0.1, 0.15) is 50.8 Å². The number of amides is 2. The van der Waals surface area contributed by atoms with E-state index in [1.165, 1.54) is 5.56 Å². The normalized spacial score (nSPS) is 16.4. The lowest BCUT2D eigenvalue weighted by molar-refractivity contribution is 0.152. The van der Waals surface area contributed by atoms with E-state index in [-0.39, 0.29) is 18.1 Å². The number of nitrogens with zero attached hydrogens (tertiary/aromatic N) is 1. The summed E-state index contributed by atoms with van der Waals surface area (Å²) in [6, 6.07) is 3.77. The molecule has 1 aromatic rings. The minimum atomic E-state index is -0.169. The number of benzene rings is 1. The maximum atomic E-state index is 13.0. The van der Waals surface area contributed by atoms with Crippen molar-refractivity contribution in [2.75, 3.05) is 33.9 Å². The zero-order valence-electron chi connectivity index (χ0n) is 18.1. The maximum Gasteiger partial charge on any atom is 0.317 e. The lowest BCUT2D eigenvalue weighted by Crippen LogP contribution is -2.54.